The van der Waals surface area contributed by atoms with Gasteiger partial charge in [0.15, 0.2) is 0 Å². The van der Waals surface area contributed by atoms with Gasteiger partial charge in [0.1, 0.15) is 5.72 Å². The molecule has 3 heterocycles. The maximum absolute atomic E-state index is 9.30. The molecule has 3 fully saturated rings. The molecule has 1 atom stereocenters. The summed E-state index contributed by atoms with van der Waals surface area (Å²) in [6.45, 7) is 2.33. The average Bonchev–Trinajstić information content (AvgIpc) is 2.19. The quantitative estimate of drug-likeness (QED) is 0.654. The minimum Gasteiger partial charge on any atom is -0.392 e. The number of methoxy groups -OCH3 is 1. The Bertz CT molecular complexity index is 160. The lowest BCUT2D eigenvalue weighted by molar-refractivity contribution is -0.211. The lowest BCUT2D eigenvalue weighted by atomic mass is 9.81. The molecule has 1 unspecified atom stereocenters. The van der Waals surface area contributed by atoms with Crippen molar-refractivity contribution < 1.29 is 9.84 Å². The Morgan fingerprint density at radius 2 is 2.17 bits per heavy atom. The summed E-state index contributed by atoms with van der Waals surface area (Å²) in [5.74, 6) is 0.780. The second kappa shape index (κ2) is 2.98. The van der Waals surface area contributed by atoms with E-state index >= 15 is 0 Å². The van der Waals surface area contributed by atoms with Crippen LogP contribution in [0.4, 0.5) is 0 Å². The van der Waals surface area contributed by atoms with Crippen LogP contribution in [0.1, 0.15) is 19.3 Å². The smallest absolute Gasteiger partial charge is 0.144 e. The zero-order chi connectivity index (χ0) is 8.60. The monoisotopic (exact) mass is 171 g/mol. The summed E-state index contributed by atoms with van der Waals surface area (Å²) in [6, 6.07) is 0. The second-order valence-corrected chi connectivity index (χ2v) is 3.94. The van der Waals surface area contributed by atoms with E-state index in [0.29, 0.717) is 0 Å². The van der Waals surface area contributed by atoms with Crippen LogP contribution in [0.25, 0.3) is 0 Å². The van der Waals surface area contributed by atoms with Crippen molar-refractivity contribution in [3.8, 4) is 0 Å². The van der Waals surface area contributed by atoms with E-state index in [2.05, 4.69) is 4.90 Å². The highest BCUT2D eigenvalue weighted by atomic mass is 16.5. The number of piperidine rings is 3. The van der Waals surface area contributed by atoms with Crippen molar-refractivity contribution in [3.05, 3.63) is 0 Å². The highest BCUT2D eigenvalue weighted by Crippen LogP contribution is 2.39. The minimum atomic E-state index is -0.332. The number of aliphatic hydroxyl groups excluding tert-OH is 1. The molecule has 0 aliphatic carbocycles. The van der Waals surface area contributed by atoms with Gasteiger partial charge in [-0.2, -0.15) is 0 Å². The van der Waals surface area contributed by atoms with Gasteiger partial charge in [-0.15, -0.1) is 0 Å². The molecule has 2 bridgehead atoms. The molecule has 3 rings (SSSR count). The number of hydrogen-bond acceptors (Lipinski definition) is 3. The highest BCUT2D eigenvalue weighted by molar-refractivity contribution is 4.93. The Morgan fingerprint density at radius 1 is 1.50 bits per heavy atom. The molecule has 3 saturated heterocycles. The summed E-state index contributed by atoms with van der Waals surface area (Å²) in [7, 11) is 1.71. The van der Waals surface area contributed by atoms with Crippen LogP contribution < -0.4 is 0 Å². The number of nitrogens with zero attached hydrogens (tertiary/aromatic N) is 1. The maximum atomic E-state index is 9.30. The van der Waals surface area contributed by atoms with Gasteiger partial charge in [-0.3, -0.25) is 4.90 Å². The normalized spacial score (nSPS) is 46.5. The van der Waals surface area contributed by atoms with Crippen molar-refractivity contribution in [1.82, 2.24) is 4.90 Å². The third-order valence-electron chi connectivity index (χ3n) is 3.43. The Balaban J connectivity index is 2.15. The molecule has 0 aromatic heterocycles. The van der Waals surface area contributed by atoms with Crippen molar-refractivity contribution in [2.24, 2.45) is 5.92 Å². The van der Waals surface area contributed by atoms with Crippen LogP contribution >= 0.6 is 0 Å². The fourth-order valence-corrected chi connectivity index (χ4v) is 2.57. The van der Waals surface area contributed by atoms with E-state index < -0.39 is 0 Å². The molecule has 0 radical (unpaired) electrons. The lowest BCUT2D eigenvalue weighted by Crippen LogP contribution is -2.61. The van der Waals surface area contributed by atoms with Crippen LogP contribution in [0.3, 0.4) is 0 Å². The highest BCUT2D eigenvalue weighted by Gasteiger charge is 2.45. The molecule has 70 valence electrons. The van der Waals surface area contributed by atoms with Gasteiger partial charge in [0.2, 0.25) is 0 Å². The average molecular weight is 171 g/mol. The zero-order valence-corrected chi connectivity index (χ0v) is 7.62. The van der Waals surface area contributed by atoms with Crippen LogP contribution in [0.15, 0.2) is 0 Å². The van der Waals surface area contributed by atoms with Crippen LogP contribution in [0.5, 0.6) is 0 Å². The van der Waals surface area contributed by atoms with Crippen molar-refractivity contribution in [2.75, 3.05) is 26.8 Å². The van der Waals surface area contributed by atoms with Crippen LogP contribution in [-0.4, -0.2) is 42.5 Å². The van der Waals surface area contributed by atoms with E-state index in [1.54, 1.807) is 7.11 Å². The Kier molecular flexibility index (Phi) is 2.10. The SMILES string of the molecule is COC1(CO)CC2CCN1CC2. The van der Waals surface area contributed by atoms with Gasteiger partial charge in [0.25, 0.3) is 0 Å². The summed E-state index contributed by atoms with van der Waals surface area (Å²) in [5.41, 5.74) is -0.332. The number of aliphatic hydroxyl groups is 1. The Hall–Kier alpha value is -0.120. The Labute approximate surface area is 73.3 Å². The molecule has 3 nitrogen and oxygen atoms in total. The largest absolute Gasteiger partial charge is 0.392 e. The molecular formula is C9H17NO2. The number of fused-ring (bicyclic) bond motifs is 3. The molecular weight excluding hydrogens is 154 g/mol. The van der Waals surface area contributed by atoms with Crippen LogP contribution in [0, 0.1) is 5.92 Å². The van der Waals surface area contributed by atoms with Crippen LogP contribution in [0.2, 0.25) is 0 Å². The Morgan fingerprint density at radius 3 is 2.42 bits per heavy atom. The third-order valence-corrected chi connectivity index (χ3v) is 3.43. The van der Waals surface area contributed by atoms with Gasteiger partial charge in [0, 0.05) is 20.2 Å². The molecule has 0 spiro atoms. The van der Waals surface area contributed by atoms with Gasteiger partial charge in [-0.1, -0.05) is 0 Å². The molecule has 3 heteroatoms. The first-order valence-electron chi connectivity index (χ1n) is 4.72. The van der Waals surface area contributed by atoms with Crippen molar-refractivity contribution in [3.63, 3.8) is 0 Å². The van der Waals surface area contributed by atoms with Crippen molar-refractivity contribution >= 4 is 0 Å². The van der Waals surface area contributed by atoms with E-state index in [9.17, 15) is 5.11 Å². The van der Waals surface area contributed by atoms with Gasteiger partial charge >= 0.3 is 0 Å². The fourth-order valence-electron chi connectivity index (χ4n) is 2.57. The molecule has 3 aliphatic rings. The van der Waals surface area contributed by atoms with Crippen molar-refractivity contribution in [1.29, 1.82) is 0 Å². The van der Waals surface area contributed by atoms with Crippen LogP contribution in [-0.2, 0) is 4.74 Å². The summed E-state index contributed by atoms with van der Waals surface area (Å²) in [6.07, 6.45) is 3.58. The maximum Gasteiger partial charge on any atom is 0.144 e. The summed E-state index contributed by atoms with van der Waals surface area (Å²) in [4.78, 5) is 2.28. The first kappa shape index (κ1) is 8.48. The summed E-state index contributed by atoms with van der Waals surface area (Å²) < 4.78 is 5.44. The van der Waals surface area contributed by atoms with Gasteiger partial charge in [-0.25, -0.2) is 0 Å². The van der Waals surface area contributed by atoms with E-state index in [1.165, 1.54) is 12.8 Å². The standard InChI is InChI=1S/C9H17NO2/c1-12-9(7-11)6-8-2-4-10(9)5-3-8/h8,11H,2-7H2,1H3. The van der Waals surface area contributed by atoms with E-state index in [0.717, 1.165) is 25.4 Å². The first-order valence-corrected chi connectivity index (χ1v) is 4.72. The lowest BCUT2D eigenvalue weighted by Gasteiger charge is -2.52. The van der Waals surface area contributed by atoms with E-state index in [1.807, 2.05) is 0 Å². The zero-order valence-electron chi connectivity index (χ0n) is 7.62. The van der Waals surface area contributed by atoms with Gasteiger partial charge in [0.05, 0.1) is 6.61 Å². The predicted octanol–water partition coefficient (Wildman–Crippen LogP) is 0.437. The molecule has 0 saturated carbocycles. The number of ether oxygens (including phenoxy) is 1. The molecule has 0 amide bonds. The molecule has 1 N–H and O–H groups in total. The first-order chi connectivity index (χ1) is 5.80. The van der Waals surface area contributed by atoms with Gasteiger partial charge < -0.3 is 9.84 Å². The molecule has 12 heavy (non-hydrogen) atoms. The van der Waals surface area contributed by atoms with Crippen molar-refractivity contribution in [2.45, 2.75) is 25.0 Å². The number of rotatable bonds is 2. The minimum absolute atomic E-state index is 0.139. The topological polar surface area (TPSA) is 32.7 Å². The summed E-state index contributed by atoms with van der Waals surface area (Å²) >= 11 is 0. The summed E-state index contributed by atoms with van der Waals surface area (Å²) in [5, 5.41) is 9.30. The number of hydrogen-bond donors (Lipinski definition) is 1. The van der Waals surface area contributed by atoms with Gasteiger partial charge in [-0.05, 0) is 25.2 Å². The fraction of sp³-hybridized carbons (Fsp3) is 1.00. The predicted molar refractivity (Wildman–Crippen MR) is 45.7 cm³/mol. The second-order valence-electron chi connectivity index (χ2n) is 3.94. The molecule has 0 aromatic rings. The van der Waals surface area contributed by atoms with E-state index in [-0.39, 0.29) is 12.3 Å². The van der Waals surface area contributed by atoms with E-state index in [4.69, 9.17) is 4.74 Å². The molecule has 3 aliphatic heterocycles. The third kappa shape index (κ3) is 1.08. The molecule has 0 aromatic carbocycles.